The molecule has 0 unspecified atom stereocenters. The van der Waals surface area contributed by atoms with E-state index in [1.165, 1.54) is 31.5 Å². The highest BCUT2D eigenvalue weighted by Gasteiger charge is 2.21. The first-order valence-electron chi connectivity index (χ1n) is 8.39. The summed E-state index contributed by atoms with van der Waals surface area (Å²) in [6.45, 7) is 3.22. The molecule has 0 aromatic carbocycles. The zero-order chi connectivity index (χ0) is 17.6. The van der Waals surface area contributed by atoms with Crippen molar-refractivity contribution < 1.29 is 9.59 Å². The van der Waals surface area contributed by atoms with Gasteiger partial charge in [0.1, 0.15) is 11.2 Å². The number of anilines is 1. The lowest BCUT2D eigenvalue weighted by atomic mass is 9.87. The van der Waals surface area contributed by atoms with Crippen LogP contribution in [0.5, 0.6) is 0 Å². The summed E-state index contributed by atoms with van der Waals surface area (Å²) in [7, 11) is 0. The molecule has 0 bridgehead atoms. The number of hydrogen-bond acceptors (Lipinski definition) is 4. The van der Waals surface area contributed by atoms with Gasteiger partial charge in [-0.3, -0.25) is 14.6 Å². The van der Waals surface area contributed by atoms with E-state index >= 15 is 0 Å². The maximum Gasteiger partial charge on any atom is 0.271 e. The van der Waals surface area contributed by atoms with Crippen molar-refractivity contribution >= 4 is 17.5 Å². The van der Waals surface area contributed by atoms with Gasteiger partial charge in [-0.2, -0.15) is 5.26 Å². The molecule has 0 aliphatic heterocycles. The van der Waals surface area contributed by atoms with Crippen LogP contribution in [0.25, 0.3) is 0 Å². The second-order valence-corrected chi connectivity index (χ2v) is 6.88. The molecule has 1 saturated carbocycles. The topological polar surface area (TPSA) is 94.9 Å². The number of rotatable bonds is 5. The molecule has 1 aromatic heterocycles. The van der Waals surface area contributed by atoms with Crippen molar-refractivity contribution in [3.63, 3.8) is 0 Å². The van der Waals surface area contributed by atoms with E-state index in [1.807, 2.05) is 6.07 Å². The number of pyridine rings is 1. The lowest BCUT2D eigenvalue weighted by Crippen LogP contribution is -2.42. The summed E-state index contributed by atoms with van der Waals surface area (Å²) in [5.74, 6) is -0.0125. The Morgan fingerprint density at radius 2 is 2.04 bits per heavy atom. The summed E-state index contributed by atoms with van der Waals surface area (Å²) in [4.78, 5) is 28.3. The molecule has 2 amide bonds. The predicted molar refractivity (Wildman–Crippen MR) is 91.2 cm³/mol. The third kappa shape index (κ3) is 5.34. The summed E-state index contributed by atoms with van der Waals surface area (Å²) in [6.07, 6.45) is 7.88. The van der Waals surface area contributed by atoms with Crippen molar-refractivity contribution in [3.05, 3.63) is 24.0 Å². The van der Waals surface area contributed by atoms with Crippen LogP contribution in [0.15, 0.2) is 18.3 Å². The van der Waals surface area contributed by atoms with Crippen LogP contribution < -0.4 is 10.6 Å². The Bertz CT molecular complexity index is 643. The molecule has 0 saturated heterocycles. The highest BCUT2D eigenvalue weighted by atomic mass is 16.2. The largest absolute Gasteiger partial charge is 0.333 e. The molecule has 1 aliphatic rings. The van der Waals surface area contributed by atoms with Gasteiger partial charge in [-0.25, -0.2) is 0 Å². The predicted octanol–water partition coefficient (Wildman–Crippen LogP) is 3.02. The zero-order valence-corrected chi connectivity index (χ0v) is 14.3. The molecule has 6 nitrogen and oxygen atoms in total. The molecule has 1 fully saturated rings. The molecule has 0 radical (unpaired) electrons. The lowest BCUT2D eigenvalue weighted by Gasteiger charge is -2.21. The van der Waals surface area contributed by atoms with Crippen LogP contribution in [0.3, 0.4) is 0 Å². The Morgan fingerprint density at radius 3 is 2.71 bits per heavy atom. The quantitative estimate of drug-likeness (QED) is 0.868. The van der Waals surface area contributed by atoms with Gasteiger partial charge in [0.05, 0.1) is 6.07 Å². The Balaban J connectivity index is 1.95. The van der Waals surface area contributed by atoms with Crippen LogP contribution in [0.2, 0.25) is 0 Å². The Morgan fingerprint density at radius 1 is 1.33 bits per heavy atom. The first-order chi connectivity index (χ1) is 11.4. The van der Waals surface area contributed by atoms with Gasteiger partial charge < -0.3 is 10.6 Å². The standard InChI is InChI=1S/C18H24N4O2/c1-18(2,12-19)22-17(24)15-11-14(8-9-20-15)21-16(23)10-13-6-4-3-5-7-13/h8-9,11,13H,3-7,10H2,1-2H3,(H,22,24)(H,20,21,23). The molecule has 2 rings (SSSR count). The number of aromatic nitrogens is 1. The smallest absolute Gasteiger partial charge is 0.271 e. The summed E-state index contributed by atoms with van der Waals surface area (Å²) in [5, 5.41) is 14.4. The Kier molecular flexibility index (Phi) is 5.91. The molecule has 0 atom stereocenters. The second-order valence-electron chi connectivity index (χ2n) is 6.88. The molecule has 128 valence electrons. The molecule has 24 heavy (non-hydrogen) atoms. The van der Waals surface area contributed by atoms with E-state index in [0.29, 0.717) is 18.0 Å². The molecular weight excluding hydrogens is 304 g/mol. The number of hydrogen-bond donors (Lipinski definition) is 2. The number of carbonyl (C=O) groups is 2. The highest BCUT2D eigenvalue weighted by Crippen LogP contribution is 2.26. The first-order valence-corrected chi connectivity index (χ1v) is 8.39. The molecule has 0 spiro atoms. The van der Waals surface area contributed by atoms with E-state index in [2.05, 4.69) is 15.6 Å². The van der Waals surface area contributed by atoms with Crippen molar-refractivity contribution in [3.8, 4) is 6.07 Å². The SMILES string of the molecule is CC(C)(C#N)NC(=O)c1cc(NC(=O)CC2CCCCC2)ccn1. The van der Waals surface area contributed by atoms with Gasteiger partial charge >= 0.3 is 0 Å². The number of nitrogens with zero attached hydrogens (tertiary/aromatic N) is 2. The number of carbonyl (C=O) groups excluding carboxylic acids is 2. The third-order valence-electron chi connectivity index (χ3n) is 4.18. The van der Waals surface area contributed by atoms with Gasteiger partial charge in [0.2, 0.25) is 5.91 Å². The van der Waals surface area contributed by atoms with Crippen molar-refractivity contribution in [1.82, 2.24) is 10.3 Å². The minimum Gasteiger partial charge on any atom is -0.333 e. The van der Waals surface area contributed by atoms with E-state index in [1.54, 1.807) is 19.9 Å². The zero-order valence-electron chi connectivity index (χ0n) is 14.3. The first kappa shape index (κ1) is 17.9. The Labute approximate surface area is 142 Å². The van der Waals surface area contributed by atoms with Crippen molar-refractivity contribution in [2.75, 3.05) is 5.32 Å². The molecule has 1 aromatic rings. The van der Waals surface area contributed by atoms with Crippen LogP contribution >= 0.6 is 0 Å². The molecule has 1 aliphatic carbocycles. The summed E-state index contributed by atoms with van der Waals surface area (Å²) in [6, 6.07) is 5.19. The van der Waals surface area contributed by atoms with E-state index in [4.69, 9.17) is 5.26 Å². The number of nitrogens with one attached hydrogen (secondary N) is 2. The molecule has 2 N–H and O–H groups in total. The average Bonchev–Trinajstić information content (AvgIpc) is 2.55. The van der Waals surface area contributed by atoms with Gasteiger partial charge in [0, 0.05) is 18.3 Å². The maximum atomic E-state index is 12.2. The van der Waals surface area contributed by atoms with Crippen LogP contribution in [-0.4, -0.2) is 22.3 Å². The normalized spacial score (nSPS) is 15.4. The van der Waals surface area contributed by atoms with Crippen molar-refractivity contribution in [2.45, 2.75) is 57.9 Å². The third-order valence-corrected chi connectivity index (χ3v) is 4.18. The summed E-state index contributed by atoms with van der Waals surface area (Å²) < 4.78 is 0. The van der Waals surface area contributed by atoms with Gasteiger partial charge in [0.15, 0.2) is 0 Å². The fourth-order valence-electron chi connectivity index (χ4n) is 2.87. The molecule has 1 heterocycles. The van der Waals surface area contributed by atoms with Crippen molar-refractivity contribution in [1.29, 1.82) is 5.26 Å². The fourth-order valence-corrected chi connectivity index (χ4v) is 2.87. The monoisotopic (exact) mass is 328 g/mol. The van der Waals surface area contributed by atoms with Crippen LogP contribution in [0.1, 0.15) is 62.9 Å². The van der Waals surface area contributed by atoms with Crippen LogP contribution in [0.4, 0.5) is 5.69 Å². The number of amides is 2. The summed E-state index contributed by atoms with van der Waals surface area (Å²) >= 11 is 0. The van der Waals surface area contributed by atoms with E-state index < -0.39 is 11.4 Å². The lowest BCUT2D eigenvalue weighted by molar-refractivity contribution is -0.117. The van der Waals surface area contributed by atoms with Gasteiger partial charge in [0.25, 0.3) is 5.91 Å². The van der Waals surface area contributed by atoms with Gasteiger partial charge in [-0.1, -0.05) is 19.3 Å². The minimum absolute atomic E-state index is 0.0307. The second kappa shape index (κ2) is 7.91. The summed E-state index contributed by atoms with van der Waals surface area (Å²) in [5.41, 5.74) is -0.251. The number of nitriles is 1. The van der Waals surface area contributed by atoms with E-state index in [-0.39, 0.29) is 11.6 Å². The van der Waals surface area contributed by atoms with Gasteiger partial charge in [-0.15, -0.1) is 0 Å². The molecular formula is C18H24N4O2. The van der Waals surface area contributed by atoms with Crippen molar-refractivity contribution in [2.24, 2.45) is 5.92 Å². The van der Waals surface area contributed by atoms with Gasteiger partial charge in [-0.05, 0) is 44.7 Å². The molecule has 6 heteroatoms. The van der Waals surface area contributed by atoms with E-state index in [9.17, 15) is 9.59 Å². The Hall–Kier alpha value is -2.42. The van der Waals surface area contributed by atoms with E-state index in [0.717, 1.165) is 12.8 Å². The van der Waals surface area contributed by atoms with Crippen LogP contribution in [0, 0.1) is 17.2 Å². The minimum atomic E-state index is -0.973. The maximum absolute atomic E-state index is 12.2. The fraction of sp³-hybridized carbons (Fsp3) is 0.556. The van der Waals surface area contributed by atoms with Crippen LogP contribution in [-0.2, 0) is 4.79 Å². The highest BCUT2D eigenvalue weighted by molar-refractivity contribution is 5.96. The average molecular weight is 328 g/mol.